The Morgan fingerprint density at radius 3 is 0.731 bits per heavy atom. The molecule has 0 aliphatic carbocycles. The first-order valence-electron chi connectivity index (χ1n) is 30.0. The van der Waals surface area contributed by atoms with Crippen molar-refractivity contribution in [2.75, 3.05) is 104 Å². The number of likely N-dealkylation sites (N-methyl/N-ethyl adjacent to an activating group) is 5. The van der Waals surface area contributed by atoms with Crippen LogP contribution in [0.15, 0.2) is 121 Å². The maximum Gasteiger partial charge on any atom is 0.326 e. The Hall–Kier alpha value is -2.23. The van der Waals surface area contributed by atoms with E-state index >= 15 is 0 Å². The van der Waals surface area contributed by atoms with Crippen LogP contribution >= 0.6 is 0 Å². The van der Waals surface area contributed by atoms with Gasteiger partial charge in [-0.25, -0.2) is 0 Å². The molecule has 0 spiro atoms. The molecule has 5 unspecified atom stereocenters. The smallest absolute Gasteiger partial charge is 0.326 e. The molecule has 0 saturated carbocycles. The van der Waals surface area contributed by atoms with Gasteiger partial charge in [0, 0.05) is 188 Å². The number of hydrogen-bond acceptors (Lipinski definition) is 20. The molecule has 5 aromatic rings. The zero-order chi connectivity index (χ0) is 69.7. The van der Waals surface area contributed by atoms with Crippen LogP contribution in [-0.4, -0.2) is 162 Å². The second-order valence-electron chi connectivity index (χ2n) is 19.6. The quantitative estimate of drug-likeness (QED) is 0.0174. The van der Waals surface area contributed by atoms with Crippen molar-refractivity contribution in [2.24, 2.45) is 0 Å². The Morgan fingerprint density at radius 1 is 0.366 bits per heavy atom. The van der Waals surface area contributed by atoms with Crippen molar-refractivity contribution < 1.29 is 240 Å². The van der Waals surface area contributed by atoms with Crippen LogP contribution in [0.5, 0.6) is 28.7 Å². The van der Waals surface area contributed by atoms with Crippen LogP contribution in [-0.2, 0) is 243 Å². The fraction of sp³-hybridized carbons (Fsp3) is 0.412. The molecule has 93 heavy (non-hydrogen) atoms. The number of methoxy groups -OCH3 is 5. The first-order valence-corrected chi connectivity index (χ1v) is 28.0. The van der Waals surface area contributed by atoms with Gasteiger partial charge in [-0.15, -0.1) is 0 Å². The minimum absolute atomic E-state index is 0. The van der Waals surface area contributed by atoms with Gasteiger partial charge in [-0.1, -0.05) is 60.7 Å². The minimum Gasteiger partial charge on any atom is -0.525 e. The first kappa shape index (κ1) is 90.8. The number of benzene rings is 5. The molecule has 20 nitrogen and oxygen atoms in total. The summed E-state index contributed by atoms with van der Waals surface area (Å²) in [6.45, 7) is 20.0. The summed E-state index contributed by atoms with van der Waals surface area (Å²) < 4.78 is 78.4. The van der Waals surface area contributed by atoms with Gasteiger partial charge < -0.3 is 109 Å². The molecule has 25 heteroatoms. The summed E-state index contributed by atoms with van der Waals surface area (Å²) in [5.74, 6) is 1.64. The van der Waals surface area contributed by atoms with Crippen molar-refractivity contribution in [1.82, 2.24) is 26.6 Å². The van der Waals surface area contributed by atoms with E-state index in [1.807, 2.05) is 86.6 Å². The number of carbonyl (C=O) groups excluding carboxylic acids is 5. The zero-order valence-electron chi connectivity index (χ0n) is 60.4. The third-order valence-corrected chi connectivity index (χ3v) is 13.6. The molecule has 0 aliphatic heterocycles. The number of ether oxygens (including phenoxy) is 10. The van der Waals surface area contributed by atoms with Gasteiger partial charge in [0.15, 0.2) is 0 Å². The number of nitrogens with one attached hydrogen (secondary N) is 5. The predicted octanol–water partition coefficient (Wildman–Crippen LogP) is 7.17. The maximum absolute atomic E-state index is 11.8. The van der Waals surface area contributed by atoms with E-state index in [1.54, 1.807) is 90.7 Å². The summed E-state index contributed by atoms with van der Waals surface area (Å²) >= 11 is 0. The number of hydrogen-bond donors (Lipinski definition) is 5. The standard InChI is InChI=1S/3C14H20NO3.2C13H18NO3.5Y/c3*1-5-18-12-8-6-11(7-9-12)10-14(2,15-3)13(16)17-4;2*1-4-17-11-7-5-10(6-8-11)9-12(14-2)13(15)16-3;;;;;/h3*6-9,15H,1,5,10H2,2-4H3;2*5-8,12,14H,1,4,9H2,2-3H3;;;;;/q5*-1;;;;;/i5D2;;;4D2;;;;;;. The van der Waals surface area contributed by atoms with E-state index in [4.69, 9.17) is 48.1 Å². The SMILES string of the molecule is [2H]C([2H])([CH2-])Oc1ccc(CC(C)(NC)C(=O)OC)cc1.[2H]C([2H])([CH2-])Oc1ccc(CC(NC)C(=O)OC)cc1.[CH2-]COc1ccc(CC(C)(NC)C(=O)OC)cc1.[CH2-]COc1ccc(CC(C)(NC)C(=O)OC)cc1.[CH2-]COc1ccc(CC(NC)C(=O)OC)cc1.[Y].[Y].[Y].[Y].[Y]. The second-order valence-corrected chi connectivity index (χ2v) is 19.6. The van der Waals surface area contributed by atoms with Crippen LogP contribution in [0.4, 0.5) is 0 Å². The van der Waals surface area contributed by atoms with E-state index in [1.165, 1.54) is 35.5 Å². The average molecular weight is 1670 g/mol. The summed E-state index contributed by atoms with van der Waals surface area (Å²) in [7, 11) is 15.5. The average Bonchev–Trinajstić information content (AvgIpc) is 0.871. The van der Waals surface area contributed by atoms with Crippen molar-refractivity contribution in [3.8, 4) is 28.7 Å². The molecule has 5 radical (unpaired) electrons. The second kappa shape index (κ2) is 56.6. The van der Waals surface area contributed by atoms with E-state index in [9.17, 15) is 24.0 Å². The van der Waals surface area contributed by atoms with E-state index in [0.29, 0.717) is 63.4 Å². The summed E-state index contributed by atoms with van der Waals surface area (Å²) in [4.78, 5) is 58.0. The third kappa shape index (κ3) is 38.1. The van der Waals surface area contributed by atoms with Gasteiger partial charge in [0.05, 0.1) is 35.5 Å². The number of esters is 5. The molecule has 0 bridgehead atoms. The fourth-order valence-corrected chi connectivity index (χ4v) is 8.07. The van der Waals surface area contributed by atoms with Crippen molar-refractivity contribution in [3.63, 3.8) is 0 Å². The Balaban J connectivity index is -0.000000359. The molecule has 0 aromatic heterocycles. The fourth-order valence-electron chi connectivity index (χ4n) is 8.07. The molecule has 0 aliphatic rings. The van der Waals surface area contributed by atoms with E-state index in [2.05, 4.69) is 65.9 Å². The molecule has 0 fully saturated rings. The van der Waals surface area contributed by atoms with E-state index in [0.717, 1.165) is 45.1 Å². The minimum atomic E-state index is -1.97. The molecule has 0 amide bonds. The molecule has 5 atom stereocenters. The van der Waals surface area contributed by atoms with Gasteiger partial charge in [-0.3, -0.25) is 24.0 Å². The third-order valence-electron chi connectivity index (χ3n) is 13.6. The first-order chi connectivity index (χ1) is 43.4. The van der Waals surface area contributed by atoms with Crippen LogP contribution in [0.25, 0.3) is 0 Å². The molecule has 0 heterocycles. The molecule has 5 aromatic carbocycles. The molecular formula is C68H96N5O15Y5-5. The molecular weight excluding hydrogens is 1570 g/mol. The number of rotatable bonds is 30. The Morgan fingerprint density at radius 2 is 0.570 bits per heavy atom. The normalized spacial score (nSPS) is 13.3. The van der Waals surface area contributed by atoms with Gasteiger partial charge >= 0.3 is 29.8 Å². The predicted molar refractivity (Wildman–Crippen MR) is 343 cm³/mol. The molecule has 5 N–H and O–H groups in total. The van der Waals surface area contributed by atoms with Crippen molar-refractivity contribution in [3.05, 3.63) is 184 Å². The largest absolute Gasteiger partial charge is 0.525 e. The van der Waals surface area contributed by atoms with Crippen molar-refractivity contribution in [2.45, 2.75) is 81.6 Å². The van der Waals surface area contributed by atoms with E-state index < -0.39 is 35.8 Å². The number of carbonyl (C=O) groups is 5. The van der Waals surface area contributed by atoms with Crippen LogP contribution in [0.1, 0.15) is 54.1 Å². The van der Waals surface area contributed by atoms with Gasteiger partial charge in [0.2, 0.25) is 0 Å². The van der Waals surface area contributed by atoms with Crippen LogP contribution < -0.4 is 50.3 Å². The van der Waals surface area contributed by atoms with Gasteiger partial charge in [-0.2, -0.15) is 0 Å². The summed E-state index contributed by atoms with van der Waals surface area (Å²) in [5.41, 5.74) is 2.70. The van der Waals surface area contributed by atoms with Crippen molar-refractivity contribution in [1.29, 1.82) is 0 Å². The van der Waals surface area contributed by atoms with Gasteiger partial charge in [0.1, 0.15) is 57.4 Å². The van der Waals surface area contributed by atoms with Gasteiger partial charge in [0.25, 0.3) is 0 Å². The summed E-state index contributed by atoms with van der Waals surface area (Å²) in [5, 5.41) is 14.8. The Bertz CT molecular complexity index is 2870. The summed E-state index contributed by atoms with van der Waals surface area (Å²) in [6.07, 6.45) is 2.64. The monoisotopic (exact) mass is 1670 g/mol. The Labute approximate surface area is 686 Å². The van der Waals surface area contributed by atoms with Gasteiger partial charge in [-0.05, 0) is 190 Å². The molecule has 503 valence electrons. The van der Waals surface area contributed by atoms with Crippen LogP contribution in [0, 0.1) is 34.6 Å². The van der Waals surface area contributed by atoms with Crippen LogP contribution in [0.2, 0.25) is 0 Å². The maximum atomic E-state index is 11.8. The van der Waals surface area contributed by atoms with Crippen molar-refractivity contribution >= 4 is 29.8 Å². The van der Waals surface area contributed by atoms with Crippen LogP contribution in [0.3, 0.4) is 0 Å². The molecule has 0 saturated heterocycles. The van der Waals surface area contributed by atoms with E-state index in [-0.39, 0.29) is 199 Å². The summed E-state index contributed by atoms with van der Waals surface area (Å²) in [6, 6.07) is 35.7. The topological polar surface area (TPSA) is 238 Å². The Kier molecular flexibility index (Phi) is 55.3. The zero-order valence-corrected chi connectivity index (χ0v) is 70.6. The molecule has 5 rings (SSSR count).